The number of hydrogen-bond acceptors (Lipinski definition) is 16. The van der Waals surface area contributed by atoms with Gasteiger partial charge >= 0.3 is 21.1 Å². The maximum Gasteiger partial charge on any atom is 4.00 e. The van der Waals surface area contributed by atoms with Crippen LogP contribution in [0.3, 0.4) is 0 Å². The Hall–Kier alpha value is 0.968. The van der Waals surface area contributed by atoms with Gasteiger partial charge in [-0.2, -0.15) is 19.6 Å². The minimum Gasteiger partial charge on any atom is -0.387 e. The predicted molar refractivity (Wildman–Crippen MR) is 371 cm³/mol. The van der Waals surface area contributed by atoms with E-state index < -0.39 is 0 Å². The molecule has 0 saturated heterocycles. The molecule has 0 atom stereocenters. The summed E-state index contributed by atoms with van der Waals surface area (Å²) in [5.74, 6) is 0. The quantitative estimate of drug-likeness (QED) is 0.0145. The van der Waals surface area contributed by atoms with E-state index in [1.807, 2.05) is 0 Å². The Kier molecular flexibility index (Phi) is 97.9. The molecular formula is C64H124MoO8S8. The molecule has 0 saturated carbocycles. The molecule has 0 aromatic heterocycles. The van der Waals surface area contributed by atoms with Crippen molar-refractivity contribution in [2.75, 3.05) is 26.4 Å². The van der Waals surface area contributed by atoms with Crippen LogP contribution in [0.2, 0.25) is 0 Å². The van der Waals surface area contributed by atoms with E-state index in [4.69, 9.17) is 19.6 Å². The third-order valence-electron chi connectivity index (χ3n) is 13.8. The standard InChI is InChI=1S/4C16H32O2S2.Mo/c4*1-2-3-4-5-6-7-8-9-10-11-12-13-14-15-17-18-16(19)20;/h4*2-15H2,1H3,(H,19,20);/q;;;;+4/p-4. The molecule has 0 N–H and O–H groups in total. The zero-order valence-corrected chi connectivity index (χ0v) is 61.1. The first-order chi connectivity index (χ1) is 39.1. The zero-order chi connectivity index (χ0) is 59.6. The van der Waals surface area contributed by atoms with Crippen molar-refractivity contribution < 1.29 is 60.2 Å². The van der Waals surface area contributed by atoms with Gasteiger partial charge in [-0.3, -0.25) is 0 Å². The van der Waals surface area contributed by atoms with E-state index in [0.29, 0.717) is 26.4 Å². The van der Waals surface area contributed by atoms with Crippen molar-refractivity contribution in [2.24, 2.45) is 0 Å². The molecule has 0 bridgehead atoms. The second-order valence-electron chi connectivity index (χ2n) is 21.6. The van der Waals surface area contributed by atoms with Crippen LogP contribution in [-0.2, 0) is 111 Å². The maximum absolute atomic E-state index is 4.85. The van der Waals surface area contributed by atoms with Crippen LogP contribution in [0.5, 0.6) is 0 Å². The zero-order valence-electron chi connectivity index (χ0n) is 52.5. The van der Waals surface area contributed by atoms with E-state index in [1.165, 1.54) is 308 Å². The van der Waals surface area contributed by atoms with Crippen molar-refractivity contribution in [3.05, 3.63) is 0 Å². The van der Waals surface area contributed by atoms with Crippen LogP contribution in [-0.4, -0.2) is 44.0 Å². The Labute approximate surface area is 560 Å². The van der Waals surface area contributed by atoms with Gasteiger partial charge in [0.15, 0.2) is 0 Å². The van der Waals surface area contributed by atoms with Gasteiger partial charge in [0.1, 0.15) is 0 Å². The van der Waals surface area contributed by atoms with Crippen LogP contribution in [0.4, 0.5) is 0 Å². The molecule has 8 nitrogen and oxygen atoms in total. The summed E-state index contributed by atoms with van der Waals surface area (Å²) in [5.41, 5.74) is 0. The van der Waals surface area contributed by atoms with E-state index in [2.05, 4.69) is 147 Å². The van der Waals surface area contributed by atoms with Gasteiger partial charge in [0, 0.05) is 0 Å². The van der Waals surface area contributed by atoms with E-state index in [1.54, 1.807) is 0 Å². The molecule has 0 rings (SSSR count). The second kappa shape index (κ2) is 87.4. The number of unbranched alkanes of at least 4 members (excludes halogenated alkanes) is 48. The van der Waals surface area contributed by atoms with Crippen molar-refractivity contribution >= 4 is 117 Å². The van der Waals surface area contributed by atoms with Gasteiger partial charge in [0.25, 0.3) is 0 Å². The van der Waals surface area contributed by atoms with Gasteiger partial charge < -0.3 is 119 Å². The number of thiocarbonyl (C=S) groups is 4. The Morgan fingerprint density at radius 1 is 0.198 bits per heavy atom. The van der Waals surface area contributed by atoms with Gasteiger partial charge in [-0.25, -0.2) is 0 Å². The summed E-state index contributed by atoms with van der Waals surface area (Å²) in [4.78, 5) is 37.8. The number of hydrogen-bond donors (Lipinski definition) is 0. The molecular weight excluding hydrogens is 1250 g/mol. The molecule has 482 valence electrons. The van der Waals surface area contributed by atoms with Crippen LogP contribution in [0.15, 0.2) is 0 Å². The fraction of sp³-hybridized carbons (Fsp3) is 0.938. The minimum atomic E-state index is 0. The average Bonchev–Trinajstić information content (AvgIpc) is 3.43. The molecule has 0 unspecified atom stereocenters. The molecule has 0 spiro atoms. The van der Waals surface area contributed by atoms with Crippen LogP contribution < -0.4 is 0 Å². The molecule has 0 aliphatic rings. The van der Waals surface area contributed by atoms with E-state index in [0.717, 1.165) is 25.7 Å². The summed E-state index contributed by atoms with van der Waals surface area (Å²) < 4.78 is 0.166. The van der Waals surface area contributed by atoms with Crippen molar-refractivity contribution in [2.45, 2.75) is 362 Å². The smallest absolute Gasteiger partial charge is 0.387 e. The molecule has 0 aliphatic heterocycles. The van der Waals surface area contributed by atoms with E-state index in [-0.39, 0.29) is 38.6 Å². The van der Waals surface area contributed by atoms with E-state index >= 15 is 0 Å². The van der Waals surface area contributed by atoms with Crippen molar-refractivity contribution in [1.82, 2.24) is 0 Å². The average molecular weight is 1370 g/mol. The van der Waals surface area contributed by atoms with Crippen LogP contribution in [0, 0.1) is 0 Å². The summed E-state index contributed by atoms with van der Waals surface area (Å²) >= 11 is 36.5. The van der Waals surface area contributed by atoms with Gasteiger partial charge in [0.05, 0.1) is 44.0 Å². The molecule has 17 heteroatoms. The van der Waals surface area contributed by atoms with Crippen molar-refractivity contribution in [3.63, 3.8) is 0 Å². The van der Waals surface area contributed by atoms with Crippen LogP contribution >= 0.6 is 48.9 Å². The van der Waals surface area contributed by atoms with Crippen LogP contribution in [0.25, 0.3) is 0 Å². The Morgan fingerprint density at radius 2 is 0.296 bits per heavy atom. The van der Waals surface area contributed by atoms with Gasteiger partial charge in [-0.1, -0.05) is 336 Å². The minimum absolute atomic E-state index is 0. The van der Waals surface area contributed by atoms with Crippen molar-refractivity contribution in [1.29, 1.82) is 0 Å². The van der Waals surface area contributed by atoms with E-state index in [9.17, 15) is 0 Å². The normalized spacial score (nSPS) is 10.5. The summed E-state index contributed by atoms with van der Waals surface area (Å²) in [6.45, 7) is 11.5. The maximum atomic E-state index is 4.85. The fourth-order valence-electron chi connectivity index (χ4n) is 9.07. The Balaban J connectivity index is -0.000000316. The Bertz CT molecular complexity index is 1030. The number of rotatable bonds is 60. The SMILES string of the molecule is CCCCCCCCCCCCCCCOOC(=S)[S-].CCCCCCCCCCCCCCCOOC(=S)[S-].CCCCCCCCCCCCCCCOOC(=S)[S-].CCCCCCCCCCCCCCCOOC(=S)[S-].[Mo+4]. The first-order valence-corrected chi connectivity index (χ1v) is 36.4. The third-order valence-corrected chi connectivity index (χ3v) is 14.4. The molecule has 0 radical (unpaired) electrons. The molecule has 0 aliphatic carbocycles. The van der Waals surface area contributed by atoms with Gasteiger partial charge in [-0.05, 0) is 25.7 Å². The topological polar surface area (TPSA) is 73.8 Å². The molecule has 81 heavy (non-hydrogen) atoms. The Morgan fingerprint density at radius 3 is 0.395 bits per heavy atom. The van der Waals surface area contributed by atoms with Gasteiger partial charge in [0.2, 0.25) is 0 Å². The largest absolute Gasteiger partial charge is 4.00 e. The first kappa shape index (κ1) is 90.7. The molecule has 0 amide bonds. The summed E-state index contributed by atoms with van der Waals surface area (Å²) in [7, 11) is 0. The summed E-state index contributed by atoms with van der Waals surface area (Å²) in [5, 5.41) is 0. The third kappa shape index (κ3) is 106. The molecule has 0 heterocycles. The first-order valence-electron chi connectivity index (χ1n) is 33.1. The predicted octanol–water partition coefficient (Wildman–Crippen LogP) is 23.4. The van der Waals surface area contributed by atoms with Crippen LogP contribution in [0.1, 0.15) is 362 Å². The molecule has 0 aromatic carbocycles. The summed E-state index contributed by atoms with van der Waals surface area (Å²) in [6, 6.07) is 0. The second-order valence-corrected chi connectivity index (χ2v) is 25.6. The summed E-state index contributed by atoms with van der Waals surface area (Å²) in [6.07, 6.45) is 70.1. The monoisotopic (exact) mass is 1370 g/mol. The molecule has 0 aromatic rings. The van der Waals surface area contributed by atoms with Gasteiger partial charge in [-0.15, -0.1) is 0 Å². The fourth-order valence-corrected chi connectivity index (χ4v) is 9.46. The molecule has 0 fully saturated rings. The van der Waals surface area contributed by atoms with Crippen molar-refractivity contribution in [3.8, 4) is 0 Å².